The Morgan fingerprint density at radius 1 is 1.12 bits per heavy atom. The molecule has 4 rings (SSSR count). The summed E-state index contributed by atoms with van der Waals surface area (Å²) in [6.45, 7) is 1.68. The summed E-state index contributed by atoms with van der Waals surface area (Å²) in [7, 11) is 0. The maximum absolute atomic E-state index is 13.4. The van der Waals surface area contributed by atoms with Crippen LogP contribution in [0.1, 0.15) is 5.56 Å². The first-order valence-corrected chi connectivity index (χ1v) is 8.26. The van der Waals surface area contributed by atoms with Gasteiger partial charge in [-0.2, -0.15) is 0 Å². The van der Waals surface area contributed by atoms with E-state index >= 15 is 0 Å². The van der Waals surface area contributed by atoms with Gasteiger partial charge in [-0.15, -0.1) is 0 Å². The number of anilines is 2. The first kappa shape index (κ1) is 16.4. The van der Waals surface area contributed by atoms with Crippen LogP contribution in [0.5, 0.6) is 11.5 Å². The number of hydrogen-bond acceptors (Lipinski definition) is 4. The molecule has 0 aliphatic carbocycles. The number of fused-ring (bicyclic) bond motifs is 1. The predicted octanol–water partition coefficient (Wildman–Crippen LogP) is 5.59. The Morgan fingerprint density at radius 3 is 2.81 bits per heavy atom. The molecule has 0 atom stereocenters. The largest absolute Gasteiger partial charge is 0.456 e. The molecule has 0 aliphatic heterocycles. The second-order valence-electron chi connectivity index (χ2n) is 5.74. The van der Waals surface area contributed by atoms with Crippen LogP contribution in [0.15, 0.2) is 55.0 Å². The number of halogens is 2. The highest BCUT2D eigenvalue weighted by molar-refractivity contribution is 6.32. The van der Waals surface area contributed by atoms with Crippen molar-refractivity contribution in [2.45, 2.75) is 6.92 Å². The van der Waals surface area contributed by atoms with E-state index in [2.05, 4.69) is 20.3 Å². The lowest BCUT2D eigenvalue weighted by Gasteiger charge is -2.11. The van der Waals surface area contributed by atoms with Gasteiger partial charge in [0.1, 0.15) is 29.2 Å². The second kappa shape index (κ2) is 6.65. The average molecular weight is 369 g/mol. The van der Waals surface area contributed by atoms with Gasteiger partial charge in [-0.05, 0) is 55.0 Å². The number of hydrogen-bond donors (Lipinski definition) is 2. The quantitative estimate of drug-likeness (QED) is 0.492. The Hall–Kier alpha value is -3.12. The van der Waals surface area contributed by atoms with E-state index in [4.69, 9.17) is 16.3 Å². The Balaban J connectivity index is 1.57. The van der Waals surface area contributed by atoms with Crippen LogP contribution in [0.3, 0.4) is 0 Å². The van der Waals surface area contributed by atoms with Crippen LogP contribution < -0.4 is 10.1 Å². The molecule has 2 aromatic carbocycles. The van der Waals surface area contributed by atoms with Gasteiger partial charge in [0.2, 0.25) is 0 Å². The molecule has 0 amide bonds. The van der Waals surface area contributed by atoms with Crippen LogP contribution in [-0.4, -0.2) is 15.0 Å². The highest BCUT2D eigenvalue weighted by Crippen LogP contribution is 2.33. The molecule has 5 nitrogen and oxygen atoms in total. The summed E-state index contributed by atoms with van der Waals surface area (Å²) in [6.07, 6.45) is 3.30. The van der Waals surface area contributed by atoms with Crippen molar-refractivity contribution in [2.24, 2.45) is 0 Å². The van der Waals surface area contributed by atoms with E-state index < -0.39 is 0 Å². The van der Waals surface area contributed by atoms with Gasteiger partial charge in [-0.3, -0.25) is 0 Å². The molecule has 2 aromatic heterocycles. The van der Waals surface area contributed by atoms with Crippen molar-refractivity contribution in [3.05, 3.63) is 71.4 Å². The monoisotopic (exact) mass is 368 g/mol. The van der Waals surface area contributed by atoms with Crippen molar-refractivity contribution >= 4 is 34.1 Å². The fourth-order valence-corrected chi connectivity index (χ4v) is 2.79. The fourth-order valence-electron chi connectivity index (χ4n) is 2.57. The van der Waals surface area contributed by atoms with Crippen LogP contribution >= 0.6 is 11.6 Å². The van der Waals surface area contributed by atoms with Crippen LogP contribution in [0.25, 0.3) is 11.0 Å². The molecule has 130 valence electrons. The molecule has 0 bridgehead atoms. The zero-order chi connectivity index (χ0) is 18.1. The van der Waals surface area contributed by atoms with Gasteiger partial charge < -0.3 is 15.0 Å². The summed E-state index contributed by atoms with van der Waals surface area (Å²) in [5.41, 5.74) is 2.90. The van der Waals surface area contributed by atoms with Gasteiger partial charge >= 0.3 is 0 Å². The molecule has 0 spiro atoms. The van der Waals surface area contributed by atoms with Crippen LogP contribution in [0.2, 0.25) is 5.02 Å². The molecule has 0 saturated heterocycles. The summed E-state index contributed by atoms with van der Waals surface area (Å²) in [5, 5.41) is 3.63. The Morgan fingerprint density at radius 2 is 2.00 bits per heavy atom. The number of rotatable bonds is 4. The number of nitrogens with one attached hydrogen (secondary N) is 2. The second-order valence-corrected chi connectivity index (χ2v) is 6.15. The Bertz CT molecular complexity index is 1100. The van der Waals surface area contributed by atoms with Crippen LogP contribution in [0.4, 0.5) is 15.9 Å². The Kier molecular flexibility index (Phi) is 4.18. The first-order chi connectivity index (χ1) is 12.6. The van der Waals surface area contributed by atoms with Crippen LogP contribution in [0, 0.1) is 12.7 Å². The predicted molar refractivity (Wildman–Crippen MR) is 99.8 cm³/mol. The van der Waals surface area contributed by atoms with E-state index in [1.165, 1.54) is 12.4 Å². The highest BCUT2D eigenvalue weighted by Gasteiger charge is 2.09. The van der Waals surface area contributed by atoms with Crippen LogP contribution in [-0.2, 0) is 0 Å². The SMILES string of the molecule is Cc1cc(Oc2ccc(Nc3ncnc4cc[nH]c34)cc2Cl)ccc1F. The van der Waals surface area contributed by atoms with Gasteiger partial charge in [0.25, 0.3) is 0 Å². The molecule has 2 heterocycles. The van der Waals surface area contributed by atoms with Crippen molar-refractivity contribution in [3.8, 4) is 11.5 Å². The number of H-pyrrole nitrogens is 1. The molecular formula is C19H14ClFN4O. The van der Waals surface area contributed by atoms with Crippen molar-refractivity contribution in [1.29, 1.82) is 0 Å². The molecule has 0 unspecified atom stereocenters. The molecule has 26 heavy (non-hydrogen) atoms. The summed E-state index contributed by atoms with van der Waals surface area (Å²) in [6, 6.07) is 11.7. The summed E-state index contributed by atoms with van der Waals surface area (Å²) < 4.78 is 19.1. The first-order valence-electron chi connectivity index (χ1n) is 7.89. The molecule has 7 heteroatoms. The maximum atomic E-state index is 13.4. The van der Waals surface area contributed by atoms with Gasteiger partial charge in [-0.1, -0.05) is 11.6 Å². The number of aromatic amines is 1. The third-order valence-electron chi connectivity index (χ3n) is 3.90. The number of benzene rings is 2. The summed E-state index contributed by atoms with van der Waals surface area (Å²) in [5.74, 6) is 1.38. The number of ether oxygens (including phenoxy) is 1. The smallest absolute Gasteiger partial charge is 0.158 e. The zero-order valence-electron chi connectivity index (χ0n) is 13.8. The molecule has 0 radical (unpaired) electrons. The van der Waals surface area contributed by atoms with E-state index in [9.17, 15) is 4.39 Å². The summed E-state index contributed by atoms with van der Waals surface area (Å²) >= 11 is 6.33. The molecule has 2 N–H and O–H groups in total. The van der Waals surface area contributed by atoms with E-state index in [-0.39, 0.29) is 5.82 Å². The topological polar surface area (TPSA) is 62.8 Å². The third kappa shape index (κ3) is 3.19. The third-order valence-corrected chi connectivity index (χ3v) is 4.19. The molecule has 0 aliphatic rings. The van der Waals surface area contributed by atoms with Gasteiger partial charge in [-0.25, -0.2) is 14.4 Å². The van der Waals surface area contributed by atoms with Crippen molar-refractivity contribution in [1.82, 2.24) is 15.0 Å². The van der Waals surface area contributed by atoms with Gasteiger partial charge in [0, 0.05) is 11.9 Å². The van der Waals surface area contributed by atoms with Crippen molar-refractivity contribution in [3.63, 3.8) is 0 Å². The minimum Gasteiger partial charge on any atom is -0.456 e. The van der Waals surface area contributed by atoms with E-state index in [1.54, 1.807) is 37.4 Å². The lowest BCUT2D eigenvalue weighted by Crippen LogP contribution is -1.96. The number of aromatic nitrogens is 3. The lowest BCUT2D eigenvalue weighted by atomic mass is 10.2. The van der Waals surface area contributed by atoms with E-state index in [1.807, 2.05) is 12.1 Å². The van der Waals surface area contributed by atoms with E-state index in [0.29, 0.717) is 27.9 Å². The standard InChI is InChI=1S/C19H14ClFN4O/c1-11-8-13(3-4-15(11)21)26-17-5-2-12(9-14(17)20)25-19-18-16(6-7-22-18)23-10-24-19/h2-10,22H,1H3,(H,23,24,25). The normalized spacial score (nSPS) is 10.9. The zero-order valence-corrected chi connectivity index (χ0v) is 14.5. The molecule has 0 fully saturated rings. The Labute approximate surface area is 153 Å². The molecular weight excluding hydrogens is 355 g/mol. The molecule has 4 aromatic rings. The number of aryl methyl sites for hydroxylation is 1. The molecule has 0 saturated carbocycles. The minimum atomic E-state index is -0.275. The summed E-state index contributed by atoms with van der Waals surface area (Å²) in [4.78, 5) is 11.5. The number of nitrogens with zero attached hydrogens (tertiary/aromatic N) is 2. The lowest BCUT2D eigenvalue weighted by molar-refractivity contribution is 0.480. The minimum absolute atomic E-state index is 0.275. The van der Waals surface area contributed by atoms with Gasteiger partial charge in [0.05, 0.1) is 10.5 Å². The highest BCUT2D eigenvalue weighted by atomic mass is 35.5. The maximum Gasteiger partial charge on any atom is 0.158 e. The average Bonchev–Trinajstić information content (AvgIpc) is 3.10. The van der Waals surface area contributed by atoms with Crippen molar-refractivity contribution < 1.29 is 9.13 Å². The van der Waals surface area contributed by atoms with Gasteiger partial charge in [0.15, 0.2) is 5.82 Å². The van der Waals surface area contributed by atoms with Crippen molar-refractivity contribution in [2.75, 3.05) is 5.32 Å². The van der Waals surface area contributed by atoms with E-state index in [0.717, 1.165) is 16.7 Å². The fraction of sp³-hybridized carbons (Fsp3) is 0.0526.